The third-order valence-corrected chi connectivity index (χ3v) is 2.72. The topological polar surface area (TPSA) is 56.1 Å². The van der Waals surface area contributed by atoms with Gasteiger partial charge in [-0.2, -0.15) is 5.26 Å². The Morgan fingerprint density at radius 3 is 2.82 bits per heavy atom. The van der Waals surface area contributed by atoms with Crippen molar-refractivity contribution in [1.29, 1.82) is 5.26 Å². The van der Waals surface area contributed by atoms with E-state index in [1.807, 2.05) is 0 Å². The van der Waals surface area contributed by atoms with Gasteiger partial charge in [-0.15, -0.1) is 0 Å². The number of nitrogens with one attached hydrogen (secondary N) is 1. The lowest BCUT2D eigenvalue weighted by Gasteiger charge is -2.18. The van der Waals surface area contributed by atoms with Crippen LogP contribution in [0, 0.1) is 11.3 Å². The van der Waals surface area contributed by atoms with Gasteiger partial charge in [-0.3, -0.25) is 9.69 Å². The number of amides is 1. The summed E-state index contributed by atoms with van der Waals surface area (Å²) in [7, 11) is 1.72. The Bertz CT molecular complexity index is 442. The molecule has 5 heteroatoms. The average molecular weight is 252 g/mol. The summed E-state index contributed by atoms with van der Waals surface area (Å²) in [5.41, 5.74) is 0.581. The minimum absolute atomic E-state index is 0.153. The van der Waals surface area contributed by atoms with Crippen molar-refractivity contribution in [1.82, 2.24) is 4.90 Å². The number of carbonyl (C=O) groups excluding carboxylic acids is 1. The number of halogens is 1. The fourth-order valence-corrected chi connectivity index (χ4v) is 1.40. The standard InChI is InChI=1S/C12H14ClN3O/c1-9(7-14)16(2)8-12(17)15-11-6-4-3-5-10(11)13/h3-6,9H,8H2,1-2H3,(H,15,17)/t9-/m0/s1. The molecule has 1 rings (SSSR count). The predicted octanol–water partition coefficient (Wildman–Crippen LogP) is 2.12. The number of para-hydroxylation sites is 1. The minimum atomic E-state index is -0.299. The van der Waals surface area contributed by atoms with Crippen molar-refractivity contribution in [3.63, 3.8) is 0 Å². The molecule has 0 bridgehead atoms. The molecule has 0 aliphatic rings. The Hall–Kier alpha value is -1.57. The van der Waals surface area contributed by atoms with E-state index in [-0.39, 0.29) is 18.5 Å². The number of hydrogen-bond donors (Lipinski definition) is 1. The maximum Gasteiger partial charge on any atom is 0.238 e. The molecule has 0 radical (unpaired) electrons. The van der Waals surface area contributed by atoms with Crippen LogP contribution in [0.5, 0.6) is 0 Å². The first-order chi connectivity index (χ1) is 8.04. The number of anilines is 1. The third kappa shape index (κ3) is 4.06. The Balaban J connectivity index is 2.57. The van der Waals surface area contributed by atoms with Gasteiger partial charge in [0.25, 0.3) is 0 Å². The monoisotopic (exact) mass is 251 g/mol. The van der Waals surface area contributed by atoms with E-state index in [4.69, 9.17) is 16.9 Å². The largest absolute Gasteiger partial charge is 0.324 e. The molecule has 0 aliphatic carbocycles. The van der Waals surface area contributed by atoms with Crippen LogP contribution in [-0.2, 0) is 4.79 Å². The number of nitriles is 1. The number of likely N-dealkylation sites (N-methyl/N-ethyl adjacent to an activating group) is 1. The first-order valence-electron chi connectivity index (χ1n) is 5.19. The van der Waals surface area contributed by atoms with Crippen LogP contribution < -0.4 is 5.32 Å². The molecule has 0 saturated carbocycles. The zero-order valence-corrected chi connectivity index (χ0v) is 10.5. The highest BCUT2D eigenvalue weighted by Gasteiger charge is 2.12. The molecular formula is C12H14ClN3O. The molecule has 0 spiro atoms. The van der Waals surface area contributed by atoms with Crippen LogP contribution in [-0.4, -0.2) is 30.4 Å². The maximum atomic E-state index is 11.7. The molecule has 0 fully saturated rings. The van der Waals surface area contributed by atoms with E-state index in [0.29, 0.717) is 10.7 Å². The van der Waals surface area contributed by atoms with Crippen LogP contribution in [0.4, 0.5) is 5.69 Å². The fourth-order valence-electron chi connectivity index (χ4n) is 1.21. The summed E-state index contributed by atoms with van der Waals surface area (Å²) in [5, 5.41) is 11.9. The van der Waals surface area contributed by atoms with E-state index >= 15 is 0 Å². The van der Waals surface area contributed by atoms with Crippen molar-refractivity contribution >= 4 is 23.2 Å². The van der Waals surface area contributed by atoms with Gasteiger partial charge < -0.3 is 5.32 Å². The summed E-state index contributed by atoms with van der Waals surface area (Å²) >= 11 is 5.91. The lowest BCUT2D eigenvalue weighted by atomic mass is 10.3. The number of rotatable bonds is 4. The van der Waals surface area contributed by atoms with Crippen molar-refractivity contribution in [3.8, 4) is 6.07 Å². The molecule has 90 valence electrons. The first kappa shape index (κ1) is 13.5. The van der Waals surface area contributed by atoms with Gasteiger partial charge in [0.2, 0.25) is 5.91 Å². The highest BCUT2D eigenvalue weighted by molar-refractivity contribution is 6.33. The Labute approximate surface area is 106 Å². The molecule has 1 aromatic carbocycles. The van der Waals surface area contributed by atoms with E-state index in [1.54, 1.807) is 43.1 Å². The molecule has 1 atom stereocenters. The maximum absolute atomic E-state index is 11.7. The van der Waals surface area contributed by atoms with Gasteiger partial charge in [-0.05, 0) is 26.1 Å². The lowest BCUT2D eigenvalue weighted by Crippen LogP contribution is -2.35. The van der Waals surface area contributed by atoms with Crippen molar-refractivity contribution in [2.24, 2.45) is 0 Å². The molecule has 0 saturated heterocycles. The molecule has 0 heterocycles. The normalized spacial score (nSPS) is 11.9. The molecule has 0 aromatic heterocycles. The zero-order valence-electron chi connectivity index (χ0n) is 9.77. The summed E-state index contributed by atoms with van der Waals surface area (Å²) in [4.78, 5) is 13.3. The second-order valence-electron chi connectivity index (χ2n) is 3.75. The van der Waals surface area contributed by atoms with Gasteiger partial charge in [-0.1, -0.05) is 23.7 Å². The Morgan fingerprint density at radius 1 is 1.59 bits per heavy atom. The number of carbonyl (C=O) groups is 1. The fraction of sp³-hybridized carbons (Fsp3) is 0.333. The molecule has 4 nitrogen and oxygen atoms in total. The molecule has 17 heavy (non-hydrogen) atoms. The number of benzene rings is 1. The van der Waals surface area contributed by atoms with Crippen LogP contribution in [0.2, 0.25) is 5.02 Å². The van der Waals surface area contributed by atoms with E-state index in [0.717, 1.165) is 0 Å². The summed E-state index contributed by atoms with van der Waals surface area (Å²) in [6.45, 7) is 1.89. The molecule has 0 unspecified atom stereocenters. The average Bonchev–Trinajstić information content (AvgIpc) is 2.31. The SMILES string of the molecule is C[C@@H](C#N)N(C)CC(=O)Nc1ccccc1Cl. The number of hydrogen-bond acceptors (Lipinski definition) is 3. The second kappa shape index (κ2) is 6.24. The highest BCUT2D eigenvalue weighted by Crippen LogP contribution is 2.20. The summed E-state index contributed by atoms with van der Waals surface area (Å²) in [5.74, 6) is -0.192. The Kier molecular flexibility index (Phi) is 4.95. The van der Waals surface area contributed by atoms with Crippen LogP contribution in [0.15, 0.2) is 24.3 Å². The zero-order chi connectivity index (χ0) is 12.8. The molecule has 1 N–H and O–H groups in total. The van der Waals surface area contributed by atoms with E-state index in [9.17, 15) is 4.79 Å². The van der Waals surface area contributed by atoms with Gasteiger partial charge in [0.05, 0.1) is 29.4 Å². The van der Waals surface area contributed by atoms with Crippen LogP contribution >= 0.6 is 11.6 Å². The molecule has 1 aromatic rings. The van der Waals surface area contributed by atoms with E-state index in [2.05, 4.69) is 11.4 Å². The van der Waals surface area contributed by atoms with E-state index < -0.39 is 0 Å². The van der Waals surface area contributed by atoms with Crippen molar-refractivity contribution in [2.45, 2.75) is 13.0 Å². The van der Waals surface area contributed by atoms with Gasteiger partial charge in [0, 0.05) is 0 Å². The lowest BCUT2D eigenvalue weighted by molar-refractivity contribution is -0.117. The smallest absolute Gasteiger partial charge is 0.238 e. The number of nitrogens with zero attached hydrogens (tertiary/aromatic N) is 2. The van der Waals surface area contributed by atoms with Crippen molar-refractivity contribution in [2.75, 3.05) is 18.9 Å². The molecule has 0 aliphatic heterocycles. The minimum Gasteiger partial charge on any atom is -0.324 e. The first-order valence-corrected chi connectivity index (χ1v) is 5.56. The van der Waals surface area contributed by atoms with Crippen LogP contribution in [0.25, 0.3) is 0 Å². The molecule has 1 amide bonds. The van der Waals surface area contributed by atoms with Gasteiger partial charge in [0.1, 0.15) is 0 Å². The summed E-state index contributed by atoms with van der Waals surface area (Å²) in [6, 6.07) is 8.79. The van der Waals surface area contributed by atoms with Gasteiger partial charge >= 0.3 is 0 Å². The molecular weight excluding hydrogens is 238 g/mol. The Morgan fingerprint density at radius 2 is 2.24 bits per heavy atom. The van der Waals surface area contributed by atoms with Crippen LogP contribution in [0.3, 0.4) is 0 Å². The highest BCUT2D eigenvalue weighted by atomic mass is 35.5. The van der Waals surface area contributed by atoms with E-state index in [1.165, 1.54) is 0 Å². The van der Waals surface area contributed by atoms with Crippen molar-refractivity contribution < 1.29 is 4.79 Å². The summed E-state index contributed by atoms with van der Waals surface area (Å²) < 4.78 is 0. The predicted molar refractivity (Wildman–Crippen MR) is 67.8 cm³/mol. The quantitative estimate of drug-likeness (QED) is 0.892. The van der Waals surface area contributed by atoms with Gasteiger partial charge in [0.15, 0.2) is 0 Å². The van der Waals surface area contributed by atoms with Crippen LogP contribution in [0.1, 0.15) is 6.92 Å². The second-order valence-corrected chi connectivity index (χ2v) is 4.16. The summed E-state index contributed by atoms with van der Waals surface area (Å²) in [6.07, 6.45) is 0. The van der Waals surface area contributed by atoms with Gasteiger partial charge in [-0.25, -0.2) is 0 Å². The van der Waals surface area contributed by atoms with Crippen molar-refractivity contribution in [3.05, 3.63) is 29.3 Å². The third-order valence-electron chi connectivity index (χ3n) is 2.39.